The number of benzene rings is 1. The fourth-order valence-corrected chi connectivity index (χ4v) is 3.70. The van der Waals surface area contributed by atoms with Crippen molar-refractivity contribution in [1.29, 1.82) is 0 Å². The monoisotopic (exact) mass is 289 g/mol. The summed E-state index contributed by atoms with van der Waals surface area (Å²) in [7, 11) is 2.14. The average molecular weight is 289 g/mol. The molecule has 2 heterocycles. The third kappa shape index (κ3) is 2.94. The molecule has 0 bridgehead atoms. The number of rotatable bonds is 4. The quantitative estimate of drug-likeness (QED) is 0.798. The first-order valence-electron chi connectivity index (χ1n) is 6.06. The van der Waals surface area contributed by atoms with Gasteiger partial charge >= 0.3 is 0 Å². The lowest BCUT2D eigenvalue weighted by atomic mass is 10.2. The standard InChI is InChI=1S/C14H15N3S2/c1-17(9-11-3-2-6-18-11)8-10-4-5-12-13(7-10)19-14(15)16-12/h2-7H,8-9H2,1H3,(H2,15,16). The van der Waals surface area contributed by atoms with Crippen molar-refractivity contribution in [2.24, 2.45) is 0 Å². The van der Waals surface area contributed by atoms with Gasteiger partial charge in [-0.15, -0.1) is 11.3 Å². The van der Waals surface area contributed by atoms with Gasteiger partial charge in [0.15, 0.2) is 5.13 Å². The fourth-order valence-electron chi connectivity index (χ4n) is 2.12. The van der Waals surface area contributed by atoms with Crippen molar-refractivity contribution in [3.63, 3.8) is 0 Å². The maximum atomic E-state index is 5.73. The van der Waals surface area contributed by atoms with Crippen LogP contribution in [-0.4, -0.2) is 16.9 Å². The third-order valence-corrected chi connectivity index (χ3v) is 4.64. The minimum absolute atomic E-state index is 0.638. The Labute approximate surface area is 120 Å². The second-order valence-electron chi connectivity index (χ2n) is 4.61. The van der Waals surface area contributed by atoms with E-state index in [0.717, 1.165) is 18.6 Å². The van der Waals surface area contributed by atoms with Gasteiger partial charge in [-0.05, 0) is 36.2 Å². The van der Waals surface area contributed by atoms with E-state index in [0.29, 0.717) is 5.13 Å². The number of fused-ring (bicyclic) bond motifs is 1. The molecular weight excluding hydrogens is 274 g/mol. The molecule has 0 amide bonds. The SMILES string of the molecule is CN(Cc1ccc2nc(N)sc2c1)Cc1cccs1. The first-order valence-corrected chi connectivity index (χ1v) is 7.76. The Hall–Kier alpha value is -1.43. The molecule has 2 N–H and O–H groups in total. The Balaban J connectivity index is 1.73. The molecule has 0 radical (unpaired) electrons. The van der Waals surface area contributed by atoms with Crippen molar-refractivity contribution in [3.8, 4) is 0 Å². The van der Waals surface area contributed by atoms with Gasteiger partial charge in [-0.1, -0.05) is 23.5 Å². The van der Waals surface area contributed by atoms with E-state index in [1.807, 2.05) is 0 Å². The van der Waals surface area contributed by atoms with Crippen LogP contribution in [0.25, 0.3) is 10.2 Å². The molecule has 3 aromatic rings. The maximum absolute atomic E-state index is 5.73. The summed E-state index contributed by atoms with van der Waals surface area (Å²) in [6.07, 6.45) is 0. The van der Waals surface area contributed by atoms with Crippen LogP contribution in [0.1, 0.15) is 10.4 Å². The van der Waals surface area contributed by atoms with Gasteiger partial charge < -0.3 is 5.73 Å². The van der Waals surface area contributed by atoms with Gasteiger partial charge in [0.1, 0.15) is 0 Å². The van der Waals surface area contributed by atoms with Crippen LogP contribution in [0.15, 0.2) is 35.7 Å². The molecule has 1 aromatic carbocycles. The molecule has 0 aliphatic heterocycles. The van der Waals surface area contributed by atoms with Crippen LogP contribution in [0, 0.1) is 0 Å². The Kier molecular flexibility index (Phi) is 3.50. The van der Waals surface area contributed by atoms with E-state index < -0.39 is 0 Å². The number of hydrogen-bond donors (Lipinski definition) is 1. The summed E-state index contributed by atoms with van der Waals surface area (Å²) < 4.78 is 1.17. The number of thiophene rings is 1. The van der Waals surface area contributed by atoms with Crippen LogP contribution in [0.2, 0.25) is 0 Å². The van der Waals surface area contributed by atoms with Gasteiger partial charge in [0.2, 0.25) is 0 Å². The third-order valence-electron chi connectivity index (χ3n) is 2.93. The Bertz CT molecular complexity index is 673. The van der Waals surface area contributed by atoms with Gasteiger partial charge in [-0.2, -0.15) is 0 Å². The molecule has 5 heteroatoms. The number of anilines is 1. The first-order chi connectivity index (χ1) is 9.20. The highest BCUT2D eigenvalue weighted by Crippen LogP contribution is 2.25. The fraction of sp³-hybridized carbons (Fsp3) is 0.214. The van der Waals surface area contributed by atoms with E-state index in [-0.39, 0.29) is 0 Å². The molecule has 2 aromatic heterocycles. The van der Waals surface area contributed by atoms with E-state index >= 15 is 0 Å². The summed E-state index contributed by atoms with van der Waals surface area (Å²) in [5.41, 5.74) is 8.02. The van der Waals surface area contributed by atoms with Crippen molar-refractivity contribution in [3.05, 3.63) is 46.2 Å². The van der Waals surface area contributed by atoms with Crippen molar-refractivity contribution in [2.45, 2.75) is 13.1 Å². The number of nitrogens with two attached hydrogens (primary N) is 1. The zero-order chi connectivity index (χ0) is 13.2. The molecule has 3 nitrogen and oxygen atoms in total. The summed E-state index contributed by atoms with van der Waals surface area (Å²) >= 11 is 3.35. The summed E-state index contributed by atoms with van der Waals surface area (Å²) in [6, 6.07) is 10.6. The predicted octanol–water partition coefficient (Wildman–Crippen LogP) is 3.57. The molecule has 0 saturated carbocycles. The van der Waals surface area contributed by atoms with Crippen LogP contribution in [-0.2, 0) is 13.1 Å². The molecule has 0 aliphatic rings. The Morgan fingerprint density at radius 1 is 1.26 bits per heavy atom. The normalized spacial score (nSPS) is 11.5. The summed E-state index contributed by atoms with van der Waals surface area (Å²) in [6.45, 7) is 1.92. The first kappa shape index (κ1) is 12.6. The second-order valence-corrected chi connectivity index (χ2v) is 6.70. The zero-order valence-electron chi connectivity index (χ0n) is 10.7. The number of nitrogens with zero attached hydrogens (tertiary/aromatic N) is 2. The van der Waals surface area contributed by atoms with Gasteiger partial charge in [0.25, 0.3) is 0 Å². The molecule has 0 unspecified atom stereocenters. The van der Waals surface area contributed by atoms with Crippen molar-refractivity contribution in [1.82, 2.24) is 9.88 Å². The van der Waals surface area contributed by atoms with Crippen LogP contribution in [0.5, 0.6) is 0 Å². The highest BCUT2D eigenvalue weighted by molar-refractivity contribution is 7.22. The molecule has 3 rings (SSSR count). The highest BCUT2D eigenvalue weighted by atomic mass is 32.1. The zero-order valence-corrected chi connectivity index (χ0v) is 12.3. The number of hydrogen-bond acceptors (Lipinski definition) is 5. The smallest absolute Gasteiger partial charge is 0.181 e. The van der Waals surface area contributed by atoms with E-state index in [1.54, 1.807) is 22.7 Å². The van der Waals surface area contributed by atoms with Crippen molar-refractivity contribution < 1.29 is 0 Å². The van der Waals surface area contributed by atoms with Crippen LogP contribution < -0.4 is 5.73 Å². The minimum Gasteiger partial charge on any atom is -0.375 e. The second kappa shape index (κ2) is 5.28. The van der Waals surface area contributed by atoms with Crippen molar-refractivity contribution >= 4 is 38.0 Å². The highest BCUT2D eigenvalue weighted by Gasteiger charge is 2.05. The number of thiazole rings is 1. The van der Waals surface area contributed by atoms with E-state index in [9.17, 15) is 0 Å². The molecule has 0 aliphatic carbocycles. The van der Waals surface area contributed by atoms with E-state index in [2.05, 4.69) is 52.6 Å². The van der Waals surface area contributed by atoms with E-state index in [1.165, 1.54) is 15.1 Å². The lowest BCUT2D eigenvalue weighted by Gasteiger charge is -2.15. The minimum atomic E-state index is 0.638. The largest absolute Gasteiger partial charge is 0.375 e. The topological polar surface area (TPSA) is 42.2 Å². The van der Waals surface area contributed by atoms with Gasteiger partial charge in [0.05, 0.1) is 10.2 Å². The molecular formula is C14H15N3S2. The summed E-state index contributed by atoms with van der Waals surface area (Å²) in [5.74, 6) is 0. The molecule has 0 atom stereocenters. The van der Waals surface area contributed by atoms with Gasteiger partial charge in [-0.3, -0.25) is 4.90 Å². The van der Waals surface area contributed by atoms with Crippen molar-refractivity contribution in [2.75, 3.05) is 12.8 Å². The maximum Gasteiger partial charge on any atom is 0.181 e. The van der Waals surface area contributed by atoms with Gasteiger partial charge in [-0.25, -0.2) is 4.98 Å². The molecule has 0 spiro atoms. The summed E-state index contributed by atoms with van der Waals surface area (Å²) in [4.78, 5) is 7.99. The average Bonchev–Trinajstić information content (AvgIpc) is 2.96. The molecule has 0 saturated heterocycles. The molecule has 98 valence electrons. The lowest BCUT2D eigenvalue weighted by molar-refractivity contribution is 0.322. The molecule has 19 heavy (non-hydrogen) atoms. The molecule has 0 fully saturated rings. The van der Waals surface area contributed by atoms with Gasteiger partial charge in [0, 0.05) is 18.0 Å². The van der Waals surface area contributed by atoms with Crippen LogP contribution in [0.4, 0.5) is 5.13 Å². The predicted molar refractivity (Wildman–Crippen MR) is 83.5 cm³/mol. The van der Waals surface area contributed by atoms with Crippen LogP contribution in [0.3, 0.4) is 0 Å². The van der Waals surface area contributed by atoms with E-state index in [4.69, 9.17) is 5.73 Å². The Morgan fingerprint density at radius 3 is 2.95 bits per heavy atom. The number of nitrogen functional groups attached to an aromatic ring is 1. The van der Waals surface area contributed by atoms with Crippen LogP contribution >= 0.6 is 22.7 Å². The lowest BCUT2D eigenvalue weighted by Crippen LogP contribution is -2.16. The Morgan fingerprint density at radius 2 is 2.16 bits per heavy atom. The number of aromatic nitrogens is 1. The summed E-state index contributed by atoms with van der Waals surface area (Å²) in [5, 5.41) is 2.76.